The average Bonchev–Trinajstić information content (AvgIpc) is 1.65. The van der Waals surface area contributed by atoms with Gasteiger partial charge in [0.1, 0.15) is 0 Å². The molecule has 0 unspecified atom stereocenters. The zero-order chi connectivity index (χ0) is 4.99. The van der Waals surface area contributed by atoms with Gasteiger partial charge in [0.2, 0.25) is 0 Å². The number of thiol groups is 1. The van der Waals surface area contributed by atoms with Gasteiger partial charge in [0.05, 0.1) is 12.9 Å². The van der Waals surface area contributed by atoms with Gasteiger partial charge in [-0.1, -0.05) is 0 Å². The van der Waals surface area contributed by atoms with Crippen LogP contribution in [0, 0.1) is 0 Å². The molecule has 0 fully saturated rings. The second kappa shape index (κ2) is 6.82. The molecule has 0 aliphatic heterocycles. The fourth-order valence-corrected chi connectivity index (χ4v) is 0.194. The van der Waals surface area contributed by atoms with Crippen molar-refractivity contribution in [2.75, 3.05) is 12.9 Å². The molecule has 0 saturated carbocycles. The summed E-state index contributed by atoms with van der Waals surface area (Å²) in [6, 6.07) is 0. The molecule has 4 heteroatoms. The van der Waals surface area contributed by atoms with Gasteiger partial charge in [0, 0.05) is 0 Å². The zero-order valence-corrected chi connectivity index (χ0v) is 4.37. The van der Waals surface area contributed by atoms with Crippen LogP contribution in [0.15, 0.2) is 0 Å². The normalized spacial score (nSPS) is 6.57. The van der Waals surface area contributed by atoms with Crippen molar-refractivity contribution in [1.29, 1.82) is 0 Å². The summed E-state index contributed by atoms with van der Waals surface area (Å²) in [5, 5.41) is 0. The first kappa shape index (κ1) is 10.7. The number of hydrogen-bond donors (Lipinski definition) is 1. The van der Waals surface area contributed by atoms with Crippen LogP contribution >= 0.6 is 12.6 Å². The van der Waals surface area contributed by atoms with Crippen LogP contribution in [0.4, 0.5) is 0 Å². The minimum absolute atomic E-state index is 0. The molecule has 0 bridgehead atoms. The molecule has 0 aliphatic carbocycles. The first-order valence-electron chi connectivity index (χ1n) is 1.49. The van der Waals surface area contributed by atoms with Crippen LogP contribution in [0.3, 0.4) is 0 Å². The van der Waals surface area contributed by atoms with Gasteiger partial charge in [-0.3, -0.25) is 4.79 Å². The van der Waals surface area contributed by atoms with E-state index in [1.807, 2.05) is 0 Å². The summed E-state index contributed by atoms with van der Waals surface area (Å²) in [6.07, 6.45) is 0. The molecule has 0 heterocycles. The molecule has 0 amide bonds. The van der Waals surface area contributed by atoms with E-state index < -0.39 is 0 Å². The molecule has 2 nitrogen and oxygen atoms in total. The second-order valence-corrected chi connectivity index (χ2v) is 1.05. The molecular formula is C3H7NaO2S. The zero-order valence-electron chi connectivity index (χ0n) is 3.47. The fourth-order valence-electron chi connectivity index (χ4n) is 0.0645. The molecule has 0 saturated heterocycles. The van der Waals surface area contributed by atoms with Crippen LogP contribution in [0.1, 0.15) is 0 Å². The van der Waals surface area contributed by atoms with Gasteiger partial charge in [-0.2, -0.15) is 12.6 Å². The SMILES string of the molecule is COC(=O)CS.[NaH]. The van der Waals surface area contributed by atoms with Crippen molar-refractivity contribution in [3.8, 4) is 0 Å². The Hall–Kier alpha value is 0.820. The van der Waals surface area contributed by atoms with Crippen LogP contribution in [-0.2, 0) is 9.53 Å². The Balaban J connectivity index is 0. The number of ether oxygens (including phenoxy) is 1. The predicted octanol–water partition coefficient (Wildman–Crippen LogP) is -0.559. The number of rotatable bonds is 1. The van der Waals surface area contributed by atoms with Crippen molar-refractivity contribution in [2.24, 2.45) is 0 Å². The summed E-state index contributed by atoms with van der Waals surface area (Å²) in [4.78, 5) is 9.88. The van der Waals surface area contributed by atoms with E-state index in [0.29, 0.717) is 0 Å². The summed E-state index contributed by atoms with van der Waals surface area (Å²) in [6.45, 7) is 0. The van der Waals surface area contributed by atoms with Crippen molar-refractivity contribution in [3.63, 3.8) is 0 Å². The monoisotopic (exact) mass is 130 g/mol. The van der Waals surface area contributed by atoms with E-state index in [1.54, 1.807) is 0 Å². The standard InChI is InChI=1S/C3H6O2S.Na.H/c1-5-3(4)2-6;;/h6H,2H2,1H3;;. The average molecular weight is 130 g/mol. The van der Waals surface area contributed by atoms with Crippen LogP contribution in [-0.4, -0.2) is 48.4 Å². The Morgan fingerprint density at radius 2 is 2.29 bits per heavy atom. The van der Waals surface area contributed by atoms with Gasteiger partial charge < -0.3 is 4.74 Å². The number of carbonyl (C=O) groups excluding carboxylic acids is 1. The van der Waals surface area contributed by atoms with Gasteiger partial charge in [0.15, 0.2) is 0 Å². The van der Waals surface area contributed by atoms with E-state index in [4.69, 9.17) is 0 Å². The van der Waals surface area contributed by atoms with Gasteiger partial charge in [0.25, 0.3) is 0 Å². The van der Waals surface area contributed by atoms with Gasteiger partial charge in [-0.25, -0.2) is 0 Å². The molecule has 0 aliphatic rings. The molecule has 0 spiro atoms. The molecule has 0 N–H and O–H groups in total. The maximum absolute atomic E-state index is 9.88. The second-order valence-electron chi connectivity index (χ2n) is 0.734. The topological polar surface area (TPSA) is 26.3 Å². The molecule has 0 aromatic rings. The number of hydrogen-bond acceptors (Lipinski definition) is 3. The minimum atomic E-state index is -0.293. The van der Waals surface area contributed by atoms with E-state index in [0.717, 1.165) is 0 Å². The van der Waals surface area contributed by atoms with Gasteiger partial charge in [-0.15, -0.1) is 0 Å². The van der Waals surface area contributed by atoms with Crippen LogP contribution < -0.4 is 0 Å². The van der Waals surface area contributed by atoms with E-state index >= 15 is 0 Å². The quantitative estimate of drug-likeness (QED) is 0.292. The van der Waals surface area contributed by atoms with Crippen LogP contribution in [0.25, 0.3) is 0 Å². The molecule has 0 aromatic carbocycles. The number of methoxy groups -OCH3 is 1. The Kier molecular flexibility index (Phi) is 10.5. The van der Waals surface area contributed by atoms with Crippen molar-refractivity contribution >= 4 is 48.2 Å². The molecule has 7 heavy (non-hydrogen) atoms. The van der Waals surface area contributed by atoms with E-state index in [-0.39, 0.29) is 41.3 Å². The maximum atomic E-state index is 9.88. The van der Waals surface area contributed by atoms with Crippen molar-refractivity contribution in [2.45, 2.75) is 0 Å². The third kappa shape index (κ3) is 6.82. The van der Waals surface area contributed by atoms with E-state index in [2.05, 4.69) is 17.4 Å². The molecule has 0 radical (unpaired) electrons. The fraction of sp³-hybridized carbons (Fsp3) is 0.667. The van der Waals surface area contributed by atoms with Crippen molar-refractivity contribution < 1.29 is 9.53 Å². The summed E-state index contributed by atoms with van der Waals surface area (Å²) in [5.41, 5.74) is 0. The summed E-state index contributed by atoms with van der Waals surface area (Å²) >= 11 is 3.62. The summed E-state index contributed by atoms with van der Waals surface area (Å²) in [5.74, 6) is -0.130. The van der Waals surface area contributed by atoms with Crippen LogP contribution in [0.5, 0.6) is 0 Å². The number of carbonyl (C=O) groups is 1. The first-order chi connectivity index (χ1) is 2.81. The number of esters is 1. The molecular weight excluding hydrogens is 123 g/mol. The molecule has 0 aromatic heterocycles. The van der Waals surface area contributed by atoms with Gasteiger partial charge in [-0.05, 0) is 0 Å². The Bertz CT molecular complexity index is 50.9. The Morgan fingerprint density at radius 3 is 2.29 bits per heavy atom. The predicted molar refractivity (Wildman–Crippen MR) is 33.0 cm³/mol. The van der Waals surface area contributed by atoms with E-state index in [1.165, 1.54) is 7.11 Å². The van der Waals surface area contributed by atoms with Crippen LogP contribution in [0.2, 0.25) is 0 Å². The Morgan fingerprint density at radius 1 is 1.86 bits per heavy atom. The van der Waals surface area contributed by atoms with Crippen molar-refractivity contribution in [3.05, 3.63) is 0 Å². The first-order valence-corrected chi connectivity index (χ1v) is 2.12. The van der Waals surface area contributed by atoms with E-state index in [9.17, 15) is 4.79 Å². The third-order valence-electron chi connectivity index (χ3n) is 0.357. The summed E-state index contributed by atoms with van der Waals surface area (Å²) < 4.78 is 4.18. The third-order valence-corrected chi connectivity index (χ3v) is 0.615. The molecule has 0 atom stereocenters. The van der Waals surface area contributed by atoms with Gasteiger partial charge >= 0.3 is 35.5 Å². The molecule has 0 rings (SSSR count). The summed E-state index contributed by atoms with van der Waals surface area (Å²) in [7, 11) is 1.33. The Labute approximate surface area is 70.3 Å². The van der Waals surface area contributed by atoms with Crippen molar-refractivity contribution in [1.82, 2.24) is 0 Å². The molecule has 38 valence electrons.